The van der Waals surface area contributed by atoms with Crippen LogP contribution in [-0.4, -0.2) is 9.55 Å². The van der Waals surface area contributed by atoms with Crippen LogP contribution in [0.25, 0.3) is 16.7 Å². The van der Waals surface area contributed by atoms with Crippen LogP contribution in [-0.2, 0) is 5.88 Å². The average molecular weight is 360 g/mol. The van der Waals surface area contributed by atoms with Gasteiger partial charge in [-0.1, -0.05) is 40.9 Å². The molecule has 1 aromatic heterocycles. The molecule has 3 aromatic rings. The van der Waals surface area contributed by atoms with Crippen molar-refractivity contribution in [3.8, 4) is 5.69 Å². The van der Waals surface area contributed by atoms with Crippen molar-refractivity contribution in [3.05, 3.63) is 56.8 Å². The molecule has 2 aromatic carbocycles. The van der Waals surface area contributed by atoms with E-state index < -0.39 is 0 Å². The Labute approximate surface area is 142 Å². The van der Waals surface area contributed by atoms with Crippen molar-refractivity contribution in [1.29, 1.82) is 0 Å². The molecule has 1 heterocycles. The highest BCUT2D eigenvalue weighted by Crippen LogP contribution is 2.32. The van der Waals surface area contributed by atoms with Gasteiger partial charge in [-0.2, -0.15) is 0 Å². The van der Waals surface area contributed by atoms with E-state index in [0.29, 0.717) is 15.1 Å². The van der Waals surface area contributed by atoms with Gasteiger partial charge in [0, 0.05) is 5.02 Å². The molecule has 0 aliphatic rings. The zero-order valence-corrected chi connectivity index (χ0v) is 14.0. The summed E-state index contributed by atoms with van der Waals surface area (Å²) in [6, 6.07) is 9.23. The van der Waals surface area contributed by atoms with Gasteiger partial charge in [-0.05, 0) is 36.8 Å². The van der Waals surface area contributed by atoms with Crippen molar-refractivity contribution in [3.63, 3.8) is 0 Å². The molecular formula is C15H10Cl4N2. The second kappa shape index (κ2) is 5.69. The highest BCUT2D eigenvalue weighted by Gasteiger charge is 2.15. The van der Waals surface area contributed by atoms with E-state index in [1.54, 1.807) is 12.1 Å². The molecule has 0 fully saturated rings. The van der Waals surface area contributed by atoms with Gasteiger partial charge in [-0.25, -0.2) is 4.98 Å². The summed E-state index contributed by atoms with van der Waals surface area (Å²) in [5.74, 6) is 0.992. The normalized spacial score (nSPS) is 11.3. The first-order valence-electron chi connectivity index (χ1n) is 6.20. The van der Waals surface area contributed by atoms with Crippen LogP contribution in [0.5, 0.6) is 0 Å². The number of halogens is 4. The lowest BCUT2D eigenvalue weighted by Gasteiger charge is -2.12. The summed E-state index contributed by atoms with van der Waals surface area (Å²) in [5, 5.41) is 1.60. The van der Waals surface area contributed by atoms with Crippen LogP contribution in [0.1, 0.15) is 11.4 Å². The van der Waals surface area contributed by atoms with Crippen LogP contribution in [0.15, 0.2) is 30.3 Å². The van der Waals surface area contributed by atoms with Gasteiger partial charge in [0.15, 0.2) is 0 Å². The second-order valence-electron chi connectivity index (χ2n) is 4.68. The summed E-state index contributed by atoms with van der Waals surface area (Å²) >= 11 is 24.4. The van der Waals surface area contributed by atoms with Crippen LogP contribution in [0.3, 0.4) is 0 Å². The standard InChI is InChI=1S/C15H10Cl4N2/c1-8-2-3-9(17)4-13(8)21-14-6-11(19)10(18)5-12(14)20-15(21)7-16/h2-6H,7H2,1H3. The first-order chi connectivity index (χ1) is 10.0. The molecule has 0 spiro atoms. The Morgan fingerprint density at radius 2 is 1.76 bits per heavy atom. The highest BCUT2D eigenvalue weighted by atomic mass is 35.5. The third-order valence-electron chi connectivity index (χ3n) is 3.30. The molecule has 21 heavy (non-hydrogen) atoms. The van der Waals surface area contributed by atoms with Gasteiger partial charge in [0.1, 0.15) is 5.82 Å². The number of fused-ring (bicyclic) bond motifs is 1. The van der Waals surface area contributed by atoms with Gasteiger partial charge < -0.3 is 0 Å². The summed E-state index contributed by atoms with van der Waals surface area (Å²) < 4.78 is 1.96. The minimum atomic E-state index is 0.274. The number of imidazole rings is 1. The SMILES string of the molecule is Cc1ccc(Cl)cc1-n1c(CCl)nc2cc(Cl)c(Cl)cc21. The van der Waals surface area contributed by atoms with E-state index in [2.05, 4.69) is 4.98 Å². The molecule has 0 unspecified atom stereocenters. The Morgan fingerprint density at radius 3 is 2.48 bits per heavy atom. The summed E-state index contributed by atoms with van der Waals surface area (Å²) in [5.41, 5.74) is 3.60. The largest absolute Gasteiger partial charge is 0.295 e. The average Bonchev–Trinajstić information content (AvgIpc) is 2.79. The Balaban J connectivity index is 2.40. The fourth-order valence-electron chi connectivity index (χ4n) is 2.30. The third-order valence-corrected chi connectivity index (χ3v) is 4.49. The first kappa shape index (κ1) is 15.0. The molecule has 0 atom stereocenters. The molecule has 0 N–H and O–H groups in total. The number of alkyl halides is 1. The Bertz CT molecular complexity index is 839. The fourth-order valence-corrected chi connectivity index (χ4v) is 2.97. The zero-order valence-electron chi connectivity index (χ0n) is 11.0. The van der Waals surface area contributed by atoms with Crippen molar-refractivity contribution in [2.45, 2.75) is 12.8 Å². The summed E-state index contributed by atoms with van der Waals surface area (Å²) in [4.78, 5) is 4.53. The van der Waals surface area contributed by atoms with E-state index in [1.807, 2.05) is 29.7 Å². The van der Waals surface area contributed by atoms with Gasteiger partial charge in [0.25, 0.3) is 0 Å². The molecule has 0 radical (unpaired) electrons. The molecule has 0 saturated carbocycles. The molecule has 2 nitrogen and oxygen atoms in total. The third kappa shape index (κ3) is 2.62. The van der Waals surface area contributed by atoms with Crippen LogP contribution in [0.2, 0.25) is 15.1 Å². The Hall–Kier alpha value is -0.930. The van der Waals surface area contributed by atoms with E-state index in [4.69, 9.17) is 46.4 Å². The van der Waals surface area contributed by atoms with Gasteiger partial charge in [0.05, 0.1) is 32.6 Å². The van der Waals surface area contributed by atoms with Gasteiger partial charge >= 0.3 is 0 Å². The second-order valence-corrected chi connectivity index (χ2v) is 6.20. The lowest BCUT2D eigenvalue weighted by atomic mass is 10.2. The molecule has 6 heteroatoms. The van der Waals surface area contributed by atoms with Crippen LogP contribution in [0, 0.1) is 6.92 Å². The van der Waals surface area contributed by atoms with E-state index in [0.717, 1.165) is 28.1 Å². The van der Waals surface area contributed by atoms with Crippen LogP contribution >= 0.6 is 46.4 Å². The minimum Gasteiger partial charge on any atom is -0.295 e. The predicted octanol–water partition coefficient (Wildman–Crippen LogP) is 6.03. The quantitative estimate of drug-likeness (QED) is 0.510. The van der Waals surface area contributed by atoms with Crippen molar-refractivity contribution >= 4 is 57.4 Å². The summed E-state index contributed by atoms with van der Waals surface area (Å²) in [7, 11) is 0. The molecular weight excluding hydrogens is 350 g/mol. The van der Waals surface area contributed by atoms with Crippen molar-refractivity contribution in [2.24, 2.45) is 0 Å². The molecule has 0 bridgehead atoms. The molecule has 0 amide bonds. The smallest absolute Gasteiger partial charge is 0.129 e. The lowest BCUT2D eigenvalue weighted by Crippen LogP contribution is -2.01. The van der Waals surface area contributed by atoms with Crippen molar-refractivity contribution < 1.29 is 0 Å². The van der Waals surface area contributed by atoms with E-state index in [-0.39, 0.29) is 5.88 Å². The maximum Gasteiger partial charge on any atom is 0.129 e. The van der Waals surface area contributed by atoms with Gasteiger partial charge in [0.2, 0.25) is 0 Å². The molecule has 0 aliphatic heterocycles. The molecule has 3 rings (SSSR count). The fraction of sp³-hybridized carbons (Fsp3) is 0.133. The number of hydrogen-bond acceptors (Lipinski definition) is 1. The van der Waals surface area contributed by atoms with E-state index in [9.17, 15) is 0 Å². The van der Waals surface area contributed by atoms with Crippen LogP contribution in [0.4, 0.5) is 0 Å². The Kier molecular flexibility index (Phi) is 4.06. The topological polar surface area (TPSA) is 17.8 Å². The van der Waals surface area contributed by atoms with Gasteiger partial charge in [-0.3, -0.25) is 4.57 Å². The zero-order chi connectivity index (χ0) is 15.1. The molecule has 0 saturated heterocycles. The highest BCUT2D eigenvalue weighted by molar-refractivity contribution is 6.42. The number of aryl methyl sites for hydroxylation is 1. The lowest BCUT2D eigenvalue weighted by molar-refractivity contribution is 0.972. The predicted molar refractivity (Wildman–Crippen MR) is 90.4 cm³/mol. The number of aromatic nitrogens is 2. The monoisotopic (exact) mass is 358 g/mol. The maximum absolute atomic E-state index is 6.14. The minimum absolute atomic E-state index is 0.274. The Morgan fingerprint density at radius 1 is 1.05 bits per heavy atom. The van der Waals surface area contributed by atoms with E-state index >= 15 is 0 Å². The number of nitrogens with zero attached hydrogens (tertiary/aromatic N) is 2. The number of rotatable bonds is 2. The maximum atomic E-state index is 6.14. The van der Waals surface area contributed by atoms with Crippen molar-refractivity contribution in [2.75, 3.05) is 0 Å². The summed E-state index contributed by atoms with van der Waals surface area (Å²) in [6.07, 6.45) is 0. The first-order valence-corrected chi connectivity index (χ1v) is 7.87. The van der Waals surface area contributed by atoms with Crippen molar-refractivity contribution in [1.82, 2.24) is 9.55 Å². The molecule has 0 aliphatic carbocycles. The summed E-state index contributed by atoms with van der Waals surface area (Å²) in [6.45, 7) is 2.01. The number of benzene rings is 2. The van der Waals surface area contributed by atoms with E-state index in [1.165, 1.54) is 0 Å². The van der Waals surface area contributed by atoms with Gasteiger partial charge in [-0.15, -0.1) is 11.6 Å². The number of hydrogen-bond donors (Lipinski definition) is 0. The molecule has 108 valence electrons. The van der Waals surface area contributed by atoms with Crippen LogP contribution < -0.4 is 0 Å².